The number of ether oxygens (including phenoxy) is 1. The lowest BCUT2D eigenvalue weighted by molar-refractivity contribution is -0.00219. The Hall–Kier alpha value is -0.680. The summed E-state index contributed by atoms with van der Waals surface area (Å²) in [6, 6.07) is 0.532. The molecule has 4 rings (SSSR count). The third kappa shape index (κ3) is 2.38. The van der Waals surface area contributed by atoms with Crippen molar-refractivity contribution in [3.05, 3.63) is 5.01 Å². The van der Waals surface area contributed by atoms with Gasteiger partial charge in [0.1, 0.15) is 5.01 Å². The highest BCUT2D eigenvalue weighted by Crippen LogP contribution is 2.42. The second-order valence-electron chi connectivity index (χ2n) is 5.83. The standard InChI is InChI=1S/C13H19N3OS/c1-2-8(1)11-7-10(5-6-17-11)14-13-16-15-12(18-13)9-3-4-9/h8-11H,1-7H2,(H,14,16). The van der Waals surface area contributed by atoms with Crippen LogP contribution in [0.5, 0.6) is 0 Å². The second-order valence-corrected chi connectivity index (χ2v) is 6.84. The minimum atomic E-state index is 0.493. The molecule has 2 unspecified atom stereocenters. The molecule has 2 atom stereocenters. The van der Waals surface area contributed by atoms with Crippen LogP contribution in [0, 0.1) is 5.92 Å². The fraction of sp³-hybridized carbons (Fsp3) is 0.846. The molecule has 4 nitrogen and oxygen atoms in total. The molecule has 3 fully saturated rings. The molecule has 1 saturated heterocycles. The van der Waals surface area contributed by atoms with Crippen LogP contribution in [0.25, 0.3) is 0 Å². The Morgan fingerprint density at radius 3 is 2.78 bits per heavy atom. The van der Waals surface area contributed by atoms with Gasteiger partial charge >= 0.3 is 0 Å². The largest absolute Gasteiger partial charge is 0.378 e. The van der Waals surface area contributed by atoms with Gasteiger partial charge in [0, 0.05) is 18.6 Å². The molecule has 2 heterocycles. The summed E-state index contributed by atoms with van der Waals surface area (Å²) in [7, 11) is 0. The molecular weight excluding hydrogens is 246 g/mol. The smallest absolute Gasteiger partial charge is 0.205 e. The molecule has 2 saturated carbocycles. The molecule has 5 heteroatoms. The van der Waals surface area contributed by atoms with Crippen molar-refractivity contribution in [1.29, 1.82) is 0 Å². The summed E-state index contributed by atoms with van der Waals surface area (Å²) in [5, 5.41) is 14.4. The summed E-state index contributed by atoms with van der Waals surface area (Å²) in [6.45, 7) is 0.896. The maximum Gasteiger partial charge on any atom is 0.205 e. The van der Waals surface area contributed by atoms with Gasteiger partial charge in [-0.05, 0) is 44.4 Å². The van der Waals surface area contributed by atoms with Gasteiger partial charge in [-0.2, -0.15) is 0 Å². The first-order valence-corrected chi connectivity index (χ1v) is 7.91. The van der Waals surface area contributed by atoms with Gasteiger partial charge in [0.05, 0.1) is 6.10 Å². The van der Waals surface area contributed by atoms with E-state index in [1.807, 2.05) is 0 Å². The van der Waals surface area contributed by atoms with Crippen LogP contribution in [0.4, 0.5) is 5.13 Å². The van der Waals surface area contributed by atoms with Gasteiger partial charge in [0.15, 0.2) is 0 Å². The number of anilines is 1. The predicted molar refractivity (Wildman–Crippen MR) is 71.0 cm³/mol. The minimum Gasteiger partial charge on any atom is -0.378 e. The van der Waals surface area contributed by atoms with Gasteiger partial charge in [0.2, 0.25) is 5.13 Å². The molecule has 0 amide bonds. The molecule has 1 aromatic heterocycles. The van der Waals surface area contributed by atoms with E-state index in [-0.39, 0.29) is 0 Å². The zero-order valence-corrected chi connectivity index (χ0v) is 11.3. The Kier molecular flexibility index (Phi) is 2.77. The molecule has 2 aliphatic carbocycles. The van der Waals surface area contributed by atoms with Crippen LogP contribution in [0.2, 0.25) is 0 Å². The summed E-state index contributed by atoms with van der Waals surface area (Å²) in [4.78, 5) is 0. The van der Waals surface area contributed by atoms with Gasteiger partial charge in [0.25, 0.3) is 0 Å². The van der Waals surface area contributed by atoms with Crippen LogP contribution in [0.3, 0.4) is 0 Å². The van der Waals surface area contributed by atoms with Gasteiger partial charge in [-0.1, -0.05) is 11.3 Å². The lowest BCUT2D eigenvalue weighted by atomic mass is 10.0. The van der Waals surface area contributed by atoms with Crippen LogP contribution >= 0.6 is 11.3 Å². The van der Waals surface area contributed by atoms with Crippen molar-refractivity contribution in [1.82, 2.24) is 10.2 Å². The zero-order valence-electron chi connectivity index (χ0n) is 10.5. The number of hydrogen-bond donors (Lipinski definition) is 1. The molecule has 18 heavy (non-hydrogen) atoms. The van der Waals surface area contributed by atoms with E-state index in [0.29, 0.717) is 18.1 Å². The highest BCUT2D eigenvalue weighted by atomic mass is 32.1. The van der Waals surface area contributed by atoms with E-state index >= 15 is 0 Å². The fourth-order valence-electron chi connectivity index (χ4n) is 2.72. The number of aromatic nitrogens is 2. The van der Waals surface area contributed by atoms with Crippen molar-refractivity contribution in [3.63, 3.8) is 0 Å². The van der Waals surface area contributed by atoms with Crippen molar-refractivity contribution < 1.29 is 4.74 Å². The van der Waals surface area contributed by atoms with Crippen LogP contribution in [0.15, 0.2) is 0 Å². The van der Waals surface area contributed by atoms with Crippen molar-refractivity contribution in [3.8, 4) is 0 Å². The van der Waals surface area contributed by atoms with E-state index in [1.54, 1.807) is 11.3 Å². The third-order valence-corrected chi connectivity index (χ3v) is 5.17. The summed E-state index contributed by atoms with van der Waals surface area (Å²) < 4.78 is 5.85. The average Bonchev–Trinajstić information content (AvgIpc) is 3.29. The van der Waals surface area contributed by atoms with Gasteiger partial charge < -0.3 is 10.1 Å². The normalized spacial score (nSPS) is 32.4. The van der Waals surface area contributed by atoms with E-state index in [9.17, 15) is 0 Å². The molecule has 1 N–H and O–H groups in total. The van der Waals surface area contributed by atoms with Crippen LogP contribution in [-0.2, 0) is 4.74 Å². The number of rotatable bonds is 4. The highest BCUT2D eigenvalue weighted by molar-refractivity contribution is 7.15. The van der Waals surface area contributed by atoms with E-state index in [0.717, 1.165) is 30.5 Å². The van der Waals surface area contributed by atoms with Crippen molar-refractivity contribution in [2.75, 3.05) is 11.9 Å². The Labute approximate surface area is 111 Å². The molecule has 1 aliphatic heterocycles. The Bertz CT molecular complexity index is 428. The maximum atomic E-state index is 5.85. The summed E-state index contributed by atoms with van der Waals surface area (Å²) in [5.41, 5.74) is 0. The summed E-state index contributed by atoms with van der Waals surface area (Å²) in [5.74, 6) is 1.55. The zero-order chi connectivity index (χ0) is 11.9. The molecule has 98 valence electrons. The lowest BCUT2D eigenvalue weighted by Crippen LogP contribution is -2.35. The molecule has 0 spiro atoms. The minimum absolute atomic E-state index is 0.493. The van der Waals surface area contributed by atoms with E-state index in [2.05, 4.69) is 15.5 Å². The van der Waals surface area contributed by atoms with E-state index < -0.39 is 0 Å². The molecule has 3 aliphatic rings. The Balaban J connectivity index is 1.37. The summed E-state index contributed by atoms with van der Waals surface area (Å²) in [6.07, 6.45) is 8.06. The van der Waals surface area contributed by atoms with Crippen molar-refractivity contribution in [2.45, 2.75) is 56.6 Å². The van der Waals surface area contributed by atoms with E-state index in [1.165, 1.54) is 30.7 Å². The molecule has 0 bridgehead atoms. The SMILES string of the molecule is C1CC(Nc2nnc(C3CC3)s2)CC(C2CC2)O1. The highest BCUT2D eigenvalue weighted by Gasteiger charge is 2.36. The number of hydrogen-bond acceptors (Lipinski definition) is 5. The maximum absolute atomic E-state index is 5.85. The van der Waals surface area contributed by atoms with Crippen molar-refractivity contribution >= 4 is 16.5 Å². The Morgan fingerprint density at radius 1 is 1.11 bits per heavy atom. The second kappa shape index (κ2) is 4.46. The first-order chi connectivity index (χ1) is 8.88. The molecule has 1 aromatic rings. The predicted octanol–water partition coefficient (Wildman–Crippen LogP) is 2.79. The Morgan fingerprint density at radius 2 is 2.00 bits per heavy atom. The topological polar surface area (TPSA) is 47.0 Å². The van der Waals surface area contributed by atoms with Crippen LogP contribution in [0.1, 0.15) is 49.5 Å². The first-order valence-electron chi connectivity index (χ1n) is 7.10. The summed E-state index contributed by atoms with van der Waals surface area (Å²) >= 11 is 1.75. The average molecular weight is 265 g/mol. The van der Waals surface area contributed by atoms with Crippen LogP contribution < -0.4 is 5.32 Å². The molecule has 0 aromatic carbocycles. The molecular formula is C13H19N3OS. The monoisotopic (exact) mass is 265 g/mol. The first kappa shape index (κ1) is 11.2. The fourth-order valence-corrected chi connectivity index (χ4v) is 3.71. The quantitative estimate of drug-likeness (QED) is 0.909. The third-order valence-electron chi connectivity index (χ3n) is 4.16. The van der Waals surface area contributed by atoms with Gasteiger partial charge in [-0.15, -0.1) is 10.2 Å². The number of nitrogens with zero attached hydrogens (tertiary/aromatic N) is 2. The lowest BCUT2D eigenvalue weighted by Gasteiger charge is -2.29. The number of nitrogens with one attached hydrogen (secondary N) is 1. The van der Waals surface area contributed by atoms with Crippen LogP contribution in [-0.4, -0.2) is 29.0 Å². The molecule has 0 radical (unpaired) electrons. The van der Waals surface area contributed by atoms with E-state index in [4.69, 9.17) is 4.74 Å². The van der Waals surface area contributed by atoms with Gasteiger partial charge in [-0.3, -0.25) is 0 Å². The van der Waals surface area contributed by atoms with Crippen molar-refractivity contribution in [2.24, 2.45) is 5.92 Å². The van der Waals surface area contributed by atoms with Gasteiger partial charge in [-0.25, -0.2) is 0 Å².